The first-order chi connectivity index (χ1) is 5.40. The molecule has 0 aliphatic heterocycles. The maximum atomic E-state index is 10.9. The van der Waals surface area contributed by atoms with Gasteiger partial charge in [0.1, 0.15) is 0 Å². The summed E-state index contributed by atoms with van der Waals surface area (Å²) in [6.07, 6.45) is 4.93. The normalized spacial score (nSPS) is 11.9. The van der Waals surface area contributed by atoms with Gasteiger partial charge in [-0.1, -0.05) is 0 Å². The quantitative estimate of drug-likeness (QED) is 0.692. The van der Waals surface area contributed by atoms with Crippen LogP contribution < -0.4 is 0 Å². The van der Waals surface area contributed by atoms with Crippen LogP contribution >= 0.6 is 0 Å². The first-order valence-corrected chi connectivity index (χ1v) is 5.39. The molecule has 12 heavy (non-hydrogen) atoms. The highest BCUT2D eigenvalue weighted by Crippen LogP contribution is 2.11. The average Bonchev–Trinajstić information content (AvgIpc) is 2.16. The molecule has 1 aromatic heterocycles. The SMILES string of the molecule is [CH2]S(=O)(=O)Cc1c(C)ccn1C. The van der Waals surface area contributed by atoms with E-state index in [0.29, 0.717) is 0 Å². The lowest BCUT2D eigenvalue weighted by Gasteiger charge is -2.02. The monoisotopic (exact) mass is 186 g/mol. The Morgan fingerprint density at radius 3 is 2.50 bits per heavy atom. The van der Waals surface area contributed by atoms with Crippen LogP contribution in [0, 0.1) is 13.2 Å². The van der Waals surface area contributed by atoms with Gasteiger partial charge in [0.15, 0.2) is 9.84 Å². The molecule has 1 rings (SSSR count). The van der Waals surface area contributed by atoms with E-state index in [-0.39, 0.29) is 5.75 Å². The second-order valence-corrected chi connectivity index (χ2v) is 4.72. The zero-order chi connectivity index (χ0) is 9.35. The Labute approximate surface area is 72.9 Å². The van der Waals surface area contributed by atoms with E-state index < -0.39 is 9.84 Å². The summed E-state index contributed by atoms with van der Waals surface area (Å²) < 4.78 is 23.6. The van der Waals surface area contributed by atoms with Crippen molar-refractivity contribution in [3.8, 4) is 0 Å². The first kappa shape index (κ1) is 9.32. The van der Waals surface area contributed by atoms with E-state index in [0.717, 1.165) is 11.3 Å². The van der Waals surface area contributed by atoms with Gasteiger partial charge in [-0.15, -0.1) is 0 Å². The molecule has 0 N–H and O–H groups in total. The molecular weight excluding hydrogens is 174 g/mol. The number of aryl methyl sites for hydroxylation is 2. The van der Waals surface area contributed by atoms with Crippen molar-refractivity contribution in [1.29, 1.82) is 0 Å². The first-order valence-electron chi connectivity index (χ1n) is 3.57. The van der Waals surface area contributed by atoms with Crippen LogP contribution in [0.5, 0.6) is 0 Å². The van der Waals surface area contributed by atoms with Crippen molar-refractivity contribution in [1.82, 2.24) is 4.57 Å². The molecule has 0 spiro atoms. The maximum absolute atomic E-state index is 10.9. The molecule has 1 aromatic rings. The van der Waals surface area contributed by atoms with Gasteiger partial charge in [-0.3, -0.25) is 0 Å². The standard InChI is InChI=1S/C8H12NO2S/c1-7-4-5-9(2)8(7)6-12(3,10)11/h4-5H,3,6H2,1-2H3. The molecule has 0 unspecified atom stereocenters. The molecule has 0 saturated heterocycles. The lowest BCUT2D eigenvalue weighted by molar-refractivity contribution is 0.601. The predicted molar refractivity (Wildman–Crippen MR) is 48.1 cm³/mol. The Kier molecular flexibility index (Phi) is 2.28. The molecule has 1 heterocycles. The number of rotatable bonds is 2. The number of nitrogens with zero attached hydrogens (tertiary/aromatic N) is 1. The largest absolute Gasteiger partial charge is 0.353 e. The topological polar surface area (TPSA) is 39.1 Å². The van der Waals surface area contributed by atoms with Gasteiger partial charge < -0.3 is 4.57 Å². The number of hydrogen-bond acceptors (Lipinski definition) is 2. The molecule has 0 bridgehead atoms. The summed E-state index contributed by atoms with van der Waals surface area (Å²) >= 11 is 0. The number of sulfone groups is 1. The summed E-state index contributed by atoms with van der Waals surface area (Å²) in [5.41, 5.74) is 1.80. The van der Waals surface area contributed by atoms with Crippen LogP contribution in [-0.2, 0) is 22.6 Å². The van der Waals surface area contributed by atoms with E-state index in [1.165, 1.54) is 0 Å². The third kappa shape index (κ3) is 2.11. The van der Waals surface area contributed by atoms with Crippen LogP contribution in [-0.4, -0.2) is 13.0 Å². The Balaban J connectivity index is 3.04. The number of aromatic nitrogens is 1. The Hall–Kier alpha value is -0.770. The van der Waals surface area contributed by atoms with E-state index in [4.69, 9.17) is 0 Å². The smallest absolute Gasteiger partial charge is 0.156 e. The minimum atomic E-state index is -3.16. The Morgan fingerprint density at radius 2 is 2.17 bits per heavy atom. The van der Waals surface area contributed by atoms with E-state index in [2.05, 4.69) is 6.26 Å². The van der Waals surface area contributed by atoms with Crippen molar-refractivity contribution in [2.75, 3.05) is 0 Å². The maximum Gasteiger partial charge on any atom is 0.156 e. The molecule has 1 radical (unpaired) electrons. The molecule has 67 valence electrons. The third-order valence-corrected chi connectivity index (χ3v) is 2.50. The van der Waals surface area contributed by atoms with E-state index >= 15 is 0 Å². The molecule has 4 heteroatoms. The van der Waals surface area contributed by atoms with Gasteiger partial charge in [0.2, 0.25) is 0 Å². The fraction of sp³-hybridized carbons (Fsp3) is 0.375. The van der Waals surface area contributed by atoms with E-state index in [1.54, 1.807) is 4.57 Å². The fourth-order valence-electron chi connectivity index (χ4n) is 1.11. The van der Waals surface area contributed by atoms with Crippen molar-refractivity contribution in [3.05, 3.63) is 29.8 Å². The Bertz CT molecular complexity index is 356. The van der Waals surface area contributed by atoms with Gasteiger partial charge in [-0.2, -0.15) is 0 Å². The van der Waals surface area contributed by atoms with Crippen LogP contribution in [0.3, 0.4) is 0 Å². The van der Waals surface area contributed by atoms with Gasteiger partial charge in [0.05, 0.1) is 12.0 Å². The van der Waals surface area contributed by atoms with E-state index in [1.807, 2.05) is 26.2 Å². The van der Waals surface area contributed by atoms with Crippen LogP contribution in [0.4, 0.5) is 0 Å². The summed E-state index contributed by atoms with van der Waals surface area (Å²) in [7, 11) is -1.34. The molecule has 0 aliphatic rings. The summed E-state index contributed by atoms with van der Waals surface area (Å²) in [5.74, 6) is 0.0162. The second-order valence-electron chi connectivity index (χ2n) is 2.94. The summed E-state index contributed by atoms with van der Waals surface area (Å²) in [4.78, 5) is 0. The highest BCUT2D eigenvalue weighted by molar-refractivity contribution is 7.91. The van der Waals surface area contributed by atoms with Gasteiger partial charge in [-0.25, -0.2) is 8.42 Å². The molecule has 0 aromatic carbocycles. The molecule has 0 amide bonds. The average molecular weight is 186 g/mol. The van der Waals surface area contributed by atoms with Crippen LogP contribution in [0.2, 0.25) is 0 Å². The third-order valence-electron chi connectivity index (χ3n) is 1.79. The molecule has 0 saturated carbocycles. The molecular formula is C8H12NO2S. The lowest BCUT2D eigenvalue weighted by Crippen LogP contribution is -2.04. The van der Waals surface area contributed by atoms with Crippen molar-refractivity contribution < 1.29 is 8.42 Å². The van der Waals surface area contributed by atoms with Gasteiger partial charge in [0, 0.05) is 18.9 Å². The summed E-state index contributed by atoms with van der Waals surface area (Å²) in [5, 5.41) is 0. The van der Waals surface area contributed by atoms with Crippen LogP contribution in [0.15, 0.2) is 12.3 Å². The van der Waals surface area contributed by atoms with Crippen LogP contribution in [0.25, 0.3) is 0 Å². The summed E-state index contributed by atoms with van der Waals surface area (Å²) in [6, 6.07) is 1.89. The van der Waals surface area contributed by atoms with Crippen molar-refractivity contribution in [2.24, 2.45) is 7.05 Å². The minimum absolute atomic E-state index is 0.0162. The van der Waals surface area contributed by atoms with Gasteiger partial charge in [-0.05, 0) is 18.6 Å². The predicted octanol–water partition coefficient (Wildman–Crippen LogP) is 1.04. The number of hydrogen-bond donors (Lipinski definition) is 0. The van der Waals surface area contributed by atoms with Crippen LogP contribution in [0.1, 0.15) is 11.3 Å². The summed E-state index contributed by atoms with van der Waals surface area (Å²) in [6.45, 7) is 1.89. The molecule has 3 nitrogen and oxygen atoms in total. The highest BCUT2D eigenvalue weighted by atomic mass is 32.2. The van der Waals surface area contributed by atoms with Crippen molar-refractivity contribution in [2.45, 2.75) is 12.7 Å². The second kappa shape index (κ2) is 2.94. The highest BCUT2D eigenvalue weighted by Gasteiger charge is 2.09. The van der Waals surface area contributed by atoms with Gasteiger partial charge >= 0.3 is 0 Å². The molecule has 0 aliphatic carbocycles. The Morgan fingerprint density at radius 1 is 1.58 bits per heavy atom. The zero-order valence-electron chi connectivity index (χ0n) is 7.24. The zero-order valence-corrected chi connectivity index (χ0v) is 8.06. The lowest BCUT2D eigenvalue weighted by atomic mass is 10.3. The van der Waals surface area contributed by atoms with E-state index in [9.17, 15) is 8.42 Å². The fourth-order valence-corrected chi connectivity index (χ4v) is 1.96. The van der Waals surface area contributed by atoms with Gasteiger partial charge in [0.25, 0.3) is 0 Å². The van der Waals surface area contributed by atoms with Crippen molar-refractivity contribution in [3.63, 3.8) is 0 Å². The molecule has 0 atom stereocenters. The van der Waals surface area contributed by atoms with Crippen molar-refractivity contribution >= 4 is 9.84 Å². The molecule has 0 fully saturated rings. The minimum Gasteiger partial charge on any atom is -0.353 e.